The van der Waals surface area contributed by atoms with E-state index in [9.17, 15) is 0 Å². The van der Waals surface area contributed by atoms with E-state index in [0.29, 0.717) is 19.8 Å². The van der Waals surface area contributed by atoms with Crippen LogP contribution in [0.4, 0.5) is 0 Å². The maximum Gasteiger partial charge on any atom is 0.181 e. The van der Waals surface area contributed by atoms with Crippen LogP contribution in [0, 0.1) is 0 Å². The monoisotopic (exact) mass is 450 g/mol. The van der Waals surface area contributed by atoms with E-state index in [0.717, 1.165) is 24.3 Å². The van der Waals surface area contributed by atoms with E-state index in [1.165, 1.54) is 36.8 Å². The molecule has 0 aromatic heterocycles. The minimum absolute atomic E-state index is 0.0643. The van der Waals surface area contributed by atoms with Crippen LogP contribution in [0.25, 0.3) is 11.1 Å². The van der Waals surface area contributed by atoms with Crippen molar-refractivity contribution in [1.29, 1.82) is 0 Å². The summed E-state index contributed by atoms with van der Waals surface area (Å²) in [5, 5.41) is 0. The molecule has 1 saturated heterocycles. The second-order valence-corrected chi connectivity index (χ2v) is 8.28. The van der Waals surface area contributed by atoms with Crippen molar-refractivity contribution in [3.63, 3.8) is 0 Å². The normalized spacial score (nSPS) is 18.8. The summed E-state index contributed by atoms with van der Waals surface area (Å²) in [6.07, 6.45) is 13.8. The Balaban J connectivity index is 1.42. The smallest absolute Gasteiger partial charge is 0.181 e. The lowest BCUT2D eigenvalue weighted by atomic mass is 10.0. The zero-order valence-electron chi connectivity index (χ0n) is 20.1. The molecule has 1 aliphatic heterocycles. The van der Waals surface area contributed by atoms with Gasteiger partial charge < -0.3 is 18.9 Å². The summed E-state index contributed by atoms with van der Waals surface area (Å²) in [6, 6.07) is 16.9. The predicted octanol–water partition coefficient (Wildman–Crippen LogP) is 7.27. The van der Waals surface area contributed by atoms with E-state index < -0.39 is 0 Å². The van der Waals surface area contributed by atoms with Crippen molar-refractivity contribution in [3.05, 3.63) is 78.4 Å². The third-order valence-electron chi connectivity index (χ3n) is 5.67. The first-order valence-corrected chi connectivity index (χ1v) is 12.3. The van der Waals surface area contributed by atoms with Crippen LogP contribution in [0.5, 0.6) is 5.75 Å². The molecule has 2 aromatic rings. The number of hydrogen-bond acceptors (Lipinski definition) is 4. The third-order valence-corrected chi connectivity index (χ3v) is 5.67. The van der Waals surface area contributed by atoms with Crippen LogP contribution in [0.3, 0.4) is 0 Å². The Hall–Kier alpha value is -2.40. The molecule has 1 heterocycles. The molecule has 1 fully saturated rings. The summed E-state index contributed by atoms with van der Waals surface area (Å²) in [5.41, 5.74) is 3.47. The molecule has 4 nitrogen and oxygen atoms in total. The highest BCUT2D eigenvalue weighted by atomic mass is 16.7. The summed E-state index contributed by atoms with van der Waals surface area (Å²) in [6.45, 7) is 6.46. The third kappa shape index (κ3) is 8.81. The quantitative estimate of drug-likeness (QED) is 0.238. The molecule has 33 heavy (non-hydrogen) atoms. The first-order chi connectivity index (χ1) is 16.3. The summed E-state index contributed by atoms with van der Waals surface area (Å²) in [7, 11) is 0. The second kappa shape index (κ2) is 14.7. The molecule has 178 valence electrons. The Labute approximate surface area is 199 Å². The van der Waals surface area contributed by atoms with Gasteiger partial charge in [0.05, 0.1) is 26.4 Å². The molecule has 1 aliphatic rings. The number of benzene rings is 2. The Kier molecular flexibility index (Phi) is 11.2. The van der Waals surface area contributed by atoms with E-state index in [2.05, 4.69) is 55.5 Å². The number of rotatable bonds is 13. The molecule has 0 amide bonds. The number of allylic oxidation sites excluding steroid dienone is 3. The number of hydrogen-bond donors (Lipinski definition) is 0. The average molecular weight is 451 g/mol. The zero-order chi connectivity index (χ0) is 23.1. The van der Waals surface area contributed by atoms with Crippen molar-refractivity contribution in [1.82, 2.24) is 0 Å². The van der Waals surface area contributed by atoms with Gasteiger partial charge in [0.1, 0.15) is 11.9 Å². The lowest BCUT2D eigenvalue weighted by molar-refractivity contribution is -0.232. The molecular formula is C29H38O4. The molecular weight excluding hydrogens is 412 g/mol. The first kappa shape index (κ1) is 25.2. The Morgan fingerprint density at radius 3 is 2.24 bits per heavy atom. The maximum absolute atomic E-state index is 5.98. The lowest BCUT2D eigenvalue weighted by Crippen LogP contribution is -2.33. The standard InChI is InChI=1S/C29H38O4/c1-3-5-7-9-11-20-30-27-18-16-25(17-19-27)24-12-14-26(15-13-24)28-22-33-29(23-32-28)31-21-10-8-6-4-2/h4,6,8,10,12-19,28-29H,3,5,7,9,11,20-23H2,1-2H3/b6-4+,10-8+/t28-,29+/m1/s1. The van der Waals surface area contributed by atoms with Gasteiger partial charge in [0.25, 0.3) is 0 Å². The fraction of sp³-hybridized carbons (Fsp3) is 0.448. The lowest BCUT2D eigenvalue weighted by Gasteiger charge is -2.29. The minimum Gasteiger partial charge on any atom is -0.494 e. The fourth-order valence-electron chi connectivity index (χ4n) is 3.71. The highest BCUT2D eigenvalue weighted by Gasteiger charge is 2.23. The van der Waals surface area contributed by atoms with Gasteiger partial charge in [-0.15, -0.1) is 0 Å². The summed E-state index contributed by atoms with van der Waals surface area (Å²) in [4.78, 5) is 0. The van der Waals surface area contributed by atoms with E-state index >= 15 is 0 Å². The van der Waals surface area contributed by atoms with Crippen LogP contribution in [0.15, 0.2) is 72.8 Å². The van der Waals surface area contributed by atoms with E-state index in [1.807, 2.05) is 31.2 Å². The van der Waals surface area contributed by atoms with Gasteiger partial charge in [-0.2, -0.15) is 0 Å². The molecule has 4 heteroatoms. The number of unbranched alkanes of at least 4 members (excludes halogenated alkanes) is 4. The Morgan fingerprint density at radius 2 is 1.58 bits per heavy atom. The van der Waals surface area contributed by atoms with Crippen molar-refractivity contribution in [2.45, 2.75) is 58.3 Å². The molecule has 0 saturated carbocycles. The minimum atomic E-state index is -0.312. The zero-order valence-corrected chi connectivity index (χ0v) is 20.1. The van der Waals surface area contributed by atoms with Gasteiger partial charge in [0, 0.05) is 0 Å². The SMILES string of the molecule is C/C=C/C=C/CO[C@@H]1CO[C@@H](c2ccc(-c3ccc(OCCCCCCC)cc3)cc2)CO1. The van der Waals surface area contributed by atoms with Gasteiger partial charge in [-0.05, 0) is 42.2 Å². The van der Waals surface area contributed by atoms with Crippen LogP contribution in [-0.4, -0.2) is 32.7 Å². The second-order valence-electron chi connectivity index (χ2n) is 8.28. The topological polar surface area (TPSA) is 36.9 Å². The van der Waals surface area contributed by atoms with Crippen molar-refractivity contribution < 1.29 is 18.9 Å². The summed E-state index contributed by atoms with van der Waals surface area (Å²) in [5.74, 6) is 0.938. The maximum atomic E-state index is 5.98. The van der Waals surface area contributed by atoms with Gasteiger partial charge in [-0.3, -0.25) is 0 Å². The highest BCUT2D eigenvalue weighted by Crippen LogP contribution is 2.27. The van der Waals surface area contributed by atoms with Gasteiger partial charge in [-0.25, -0.2) is 0 Å². The first-order valence-electron chi connectivity index (χ1n) is 12.3. The van der Waals surface area contributed by atoms with Crippen LogP contribution in [-0.2, 0) is 14.2 Å². The van der Waals surface area contributed by atoms with E-state index in [-0.39, 0.29) is 12.4 Å². The molecule has 0 unspecified atom stereocenters. The largest absolute Gasteiger partial charge is 0.494 e. The van der Waals surface area contributed by atoms with Crippen LogP contribution in [0.1, 0.15) is 57.6 Å². The predicted molar refractivity (Wildman–Crippen MR) is 134 cm³/mol. The van der Waals surface area contributed by atoms with Crippen molar-refractivity contribution in [3.8, 4) is 16.9 Å². The van der Waals surface area contributed by atoms with E-state index in [1.54, 1.807) is 0 Å². The fourth-order valence-corrected chi connectivity index (χ4v) is 3.71. The molecule has 2 atom stereocenters. The molecule has 0 N–H and O–H groups in total. The Bertz CT molecular complexity index is 831. The van der Waals surface area contributed by atoms with E-state index in [4.69, 9.17) is 18.9 Å². The summed E-state index contributed by atoms with van der Waals surface area (Å²) < 4.78 is 23.4. The molecule has 0 radical (unpaired) electrons. The van der Waals surface area contributed by atoms with Gasteiger partial charge in [-0.1, -0.05) is 93.3 Å². The highest BCUT2D eigenvalue weighted by molar-refractivity contribution is 5.64. The average Bonchev–Trinajstić information content (AvgIpc) is 2.87. The van der Waals surface area contributed by atoms with Crippen LogP contribution >= 0.6 is 0 Å². The van der Waals surface area contributed by atoms with Gasteiger partial charge in [0.15, 0.2) is 6.29 Å². The summed E-state index contributed by atoms with van der Waals surface area (Å²) >= 11 is 0. The van der Waals surface area contributed by atoms with Crippen LogP contribution < -0.4 is 4.74 Å². The molecule has 0 bridgehead atoms. The van der Waals surface area contributed by atoms with Gasteiger partial charge >= 0.3 is 0 Å². The Morgan fingerprint density at radius 1 is 0.848 bits per heavy atom. The molecule has 0 aliphatic carbocycles. The molecule has 3 rings (SSSR count). The number of ether oxygens (including phenoxy) is 4. The molecule has 0 spiro atoms. The van der Waals surface area contributed by atoms with Crippen molar-refractivity contribution >= 4 is 0 Å². The molecule has 2 aromatic carbocycles. The van der Waals surface area contributed by atoms with Gasteiger partial charge in [0.2, 0.25) is 0 Å². The van der Waals surface area contributed by atoms with Crippen molar-refractivity contribution in [2.75, 3.05) is 26.4 Å². The van der Waals surface area contributed by atoms with Crippen molar-refractivity contribution in [2.24, 2.45) is 0 Å². The van der Waals surface area contributed by atoms with Crippen LogP contribution in [0.2, 0.25) is 0 Å².